The van der Waals surface area contributed by atoms with E-state index < -0.39 is 7.60 Å². The second-order valence-electron chi connectivity index (χ2n) is 7.58. The molecule has 1 atom stereocenters. The van der Waals surface area contributed by atoms with Crippen molar-refractivity contribution in [3.8, 4) is 0 Å². The Bertz CT molecular complexity index is 375. The van der Waals surface area contributed by atoms with Gasteiger partial charge >= 0.3 is 7.60 Å². The summed E-state index contributed by atoms with van der Waals surface area (Å²) in [6, 6.07) is 0. The van der Waals surface area contributed by atoms with Crippen LogP contribution in [0, 0.1) is 23.2 Å². The zero-order valence-electron chi connectivity index (χ0n) is 13.8. The summed E-state index contributed by atoms with van der Waals surface area (Å²) in [5, 5.41) is 0. The first-order chi connectivity index (χ1) is 10.0. The van der Waals surface area contributed by atoms with Crippen LogP contribution in [0.2, 0.25) is 0 Å². The van der Waals surface area contributed by atoms with E-state index in [2.05, 4.69) is 6.92 Å². The molecule has 0 aromatic rings. The van der Waals surface area contributed by atoms with Crippen molar-refractivity contribution < 1.29 is 13.6 Å². The predicted octanol–water partition coefficient (Wildman–Crippen LogP) is 5.25. The van der Waals surface area contributed by atoms with Gasteiger partial charge in [0, 0.05) is 0 Å². The summed E-state index contributed by atoms with van der Waals surface area (Å²) in [4.78, 5) is 0. The van der Waals surface area contributed by atoms with Gasteiger partial charge in [-0.2, -0.15) is 0 Å². The molecule has 0 N–H and O–H groups in total. The zero-order valence-corrected chi connectivity index (χ0v) is 14.7. The first-order valence-electron chi connectivity index (χ1n) is 8.94. The smallest absolute Gasteiger partial charge is 0.309 e. The minimum atomic E-state index is -2.98. The van der Waals surface area contributed by atoms with Crippen molar-refractivity contribution in [2.75, 3.05) is 13.2 Å². The van der Waals surface area contributed by atoms with Crippen LogP contribution in [-0.2, 0) is 13.6 Å². The van der Waals surface area contributed by atoms with Crippen LogP contribution in [-0.4, -0.2) is 18.9 Å². The van der Waals surface area contributed by atoms with Crippen LogP contribution in [0.4, 0.5) is 0 Å². The van der Waals surface area contributed by atoms with Gasteiger partial charge in [0.05, 0.1) is 18.9 Å². The largest absolute Gasteiger partial charge is 0.334 e. The fourth-order valence-electron chi connectivity index (χ4n) is 6.15. The van der Waals surface area contributed by atoms with E-state index in [0.717, 1.165) is 24.2 Å². The summed E-state index contributed by atoms with van der Waals surface area (Å²) in [5.41, 5.74) is 0.349. The maximum Gasteiger partial charge on any atom is 0.334 e. The Kier molecular flexibility index (Phi) is 4.56. The number of hydrogen-bond acceptors (Lipinski definition) is 3. The molecule has 4 aliphatic rings. The van der Waals surface area contributed by atoms with Gasteiger partial charge in [0.25, 0.3) is 0 Å². The Morgan fingerprint density at radius 3 is 1.71 bits per heavy atom. The second kappa shape index (κ2) is 5.98. The highest BCUT2D eigenvalue weighted by atomic mass is 31.2. The van der Waals surface area contributed by atoms with Gasteiger partial charge in [0.2, 0.25) is 0 Å². The van der Waals surface area contributed by atoms with Gasteiger partial charge in [-0.05, 0) is 82.0 Å². The van der Waals surface area contributed by atoms with Crippen molar-refractivity contribution in [2.24, 2.45) is 23.2 Å². The van der Waals surface area contributed by atoms with Crippen molar-refractivity contribution in [1.82, 2.24) is 0 Å². The van der Waals surface area contributed by atoms with E-state index in [1.165, 1.54) is 38.5 Å². The van der Waals surface area contributed by atoms with Crippen LogP contribution < -0.4 is 0 Å². The summed E-state index contributed by atoms with van der Waals surface area (Å²) in [5.74, 6) is 2.63. The van der Waals surface area contributed by atoms with Gasteiger partial charge in [-0.25, -0.2) is 0 Å². The molecule has 1 unspecified atom stereocenters. The van der Waals surface area contributed by atoms with E-state index in [0.29, 0.717) is 13.2 Å². The SMILES string of the molecule is CCOP(=O)(OCC)C(CC)C12CC3CC(CC(C3)C1)C2. The summed E-state index contributed by atoms with van der Waals surface area (Å²) < 4.78 is 24.9. The summed E-state index contributed by atoms with van der Waals surface area (Å²) >= 11 is 0. The van der Waals surface area contributed by atoms with Gasteiger partial charge < -0.3 is 9.05 Å². The van der Waals surface area contributed by atoms with E-state index in [1.807, 2.05) is 13.8 Å². The Labute approximate surface area is 129 Å². The monoisotopic (exact) mass is 314 g/mol. The molecule has 122 valence electrons. The highest BCUT2D eigenvalue weighted by Crippen LogP contribution is 2.70. The second-order valence-corrected chi connectivity index (χ2v) is 9.80. The number of hydrogen-bond donors (Lipinski definition) is 0. The molecule has 4 aliphatic carbocycles. The van der Waals surface area contributed by atoms with Crippen LogP contribution in [0.5, 0.6) is 0 Å². The molecule has 3 nitrogen and oxygen atoms in total. The molecule has 0 aromatic heterocycles. The van der Waals surface area contributed by atoms with Crippen LogP contribution in [0.15, 0.2) is 0 Å². The highest BCUT2D eigenvalue weighted by molar-refractivity contribution is 7.54. The molecule has 0 heterocycles. The molecule has 4 saturated carbocycles. The molecule has 0 amide bonds. The average Bonchev–Trinajstić information content (AvgIpc) is 2.37. The molecule has 0 aliphatic heterocycles. The van der Waals surface area contributed by atoms with E-state index in [4.69, 9.17) is 9.05 Å². The molecule has 4 rings (SSSR count). The molecule has 0 saturated heterocycles. The van der Waals surface area contributed by atoms with Gasteiger partial charge in [-0.3, -0.25) is 4.57 Å². The molecule has 4 bridgehead atoms. The fraction of sp³-hybridized carbons (Fsp3) is 1.00. The van der Waals surface area contributed by atoms with Crippen LogP contribution >= 0.6 is 7.60 Å². The predicted molar refractivity (Wildman–Crippen MR) is 85.5 cm³/mol. The first kappa shape index (κ1) is 16.0. The molecule has 21 heavy (non-hydrogen) atoms. The third-order valence-electron chi connectivity index (χ3n) is 6.18. The molecular weight excluding hydrogens is 283 g/mol. The average molecular weight is 314 g/mol. The van der Waals surface area contributed by atoms with Crippen LogP contribution in [0.3, 0.4) is 0 Å². The summed E-state index contributed by atoms with van der Waals surface area (Å²) in [7, 11) is -2.98. The molecule has 4 heteroatoms. The van der Waals surface area contributed by atoms with E-state index in [-0.39, 0.29) is 11.1 Å². The lowest BCUT2D eigenvalue weighted by Crippen LogP contribution is -2.51. The maximum atomic E-state index is 13.4. The van der Waals surface area contributed by atoms with Crippen molar-refractivity contribution >= 4 is 7.60 Å². The first-order valence-corrected chi connectivity index (χ1v) is 10.5. The highest BCUT2D eigenvalue weighted by Gasteiger charge is 2.58. The molecular formula is C17H31O3P. The van der Waals surface area contributed by atoms with E-state index in [9.17, 15) is 4.57 Å². The minimum absolute atomic E-state index is 0.110. The van der Waals surface area contributed by atoms with Gasteiger partial charge in [-0.15, -0.1) is 0 Å². The minimum Gasteiger partial charge on any atom is -0.309 e. The Balaban J connectivity index is 1.89. The van der Waals surface area contributed by atoms with Crippen LogP contribution in [0.1, 0.15) is 65.7 Å². The summed E-state index contributed by atoms with van der Waals surface area (Å²) in [6.07, 6.45) is 8.98. The Morgan fingerprint density at radius 2 is 1.38 bits per heavy atom. The van der Waals surface area contributed by atoms with Crippen molar-refractivity contribution in [1.29, 1.82) is 0 Å². The standard InChI is InChI=1S/C17H31O3P/c1-4-16(21(18,19-5-2)20-6-3)17-10-13-7-14(11-17)9-15(8-13)12-17/h13-16H,4-12H2,1-3H3. The van der Waals surface area contributed by atoms with Crippen LogP contribution in [0.25, 0.3) is 0 Å². The number of rotatable bonds is 7. The Morgan fingerprint density at radius 1 is 0.952 bits per heavy atom. The normalized spacial score (nSPS) is 39.7. The van der Waals surface area contributed by atoms with Gasteiger partial charge in [0.15, 0.2) is 0 Å². The fourth-order valence-corrected chi connectivity index (χ4v) is 8.74. The lowest BCUT2D eigenvalue weighted by atomic mass is 9.48. The van der Waals surface area contributed by atoms with Crippen molar-refractivity contribution in [3.05, 3.63) is 0 Å². The molecule has 0 spiro atoms. The van der Waals surface area contributed by atoms with Crippen molar-refractivity contribution in [3.63, 3.8) is 0 Å². The molecule has 4 fully saturated rings. The summed E-state index contributed by atoms with van der Waals surface area (Å²) in [6.45, 7) is 7.00. The van der Waals surface area contributed by atoms with Gasteiger partial charge in [0.1, 0.15) is 0 Å². The Hall–Kier alpha value is 0.150. The maximum absolute atomic E-state index is 13.4. The molecule has 0 aromatic carbocycles. The third kappa shape index (κ3) is 2.75. The van der Waals surface area contributed by atoms with Gasteiger partial charge in [-0.1, -0.05) is 6.92 Å². The van der Waals surface area contributed by atoms with E-state index >= 15 is 0 Å². The third-order valence-corrected chi connectivity index (χ3v) is 9.09. The topological polar surface area (TPSA) is 35.5 Å². The van der Waals surface area contributed by atoms with E-state index in [1.54, 1.807) is 0 Å². The van der Waals surface area contributed by atoms with Crippen molar-refractivity contribution in [2.45, 2.75) is 71.4 Å². The quantitative estimate of drug-likeness (QED) is 0.602. The zero-order chi connectivity index (χ0) is 15.1. The lowest BCUT2D eigenvalue weighted by Gasteiger charge is -2.59. The molecule has 0 radical (unpaired) electrons. The lowest BCUT2D eigenvalue weighted by molar-refractivity contribution is -0.0596.